The number of aromatic nitrogens is 3. The van der Waals surface area contributed by atoms with E-state index >= 15 is 0 Å². The van der Waals surface area contributed by atoms with Crippen molar-refractivity contribution in [2.24, 2.45) is 5.92 Å². The van der Waals surface area contributed by atoms with Gasteiger partial charge in [0.05, 0.1) is 13.0 Å². The first-order valence-electron chi connectivity index (χ1n) is 8.94. The average molecular weight is 401 g/mol. The number of rotatable bonds is 8. The highest BCUT2D eigenvalue weighted by Crippen LogP contribution is 2.23. The molecule has 8 heteroatoms. The molecule has 1 unspecified atom stereocenters. The first-order valence-corrected chi connectivity index (χ1v) is 9.32. The SMILES string of the molecule is CC(C)C(NC(=O)CCOc1ccc(Cl)cc1)c1nc(-c2ccncc2)no1. The van der Waals surface area contributed by atoms with E-state index in [-0.39, 0.29) is 30.9 Å². The lowest BCUT2D eigenvalue weighted by molar-refractivity contribution is -0.122. The number of benzene rings is 1. The fourth-order valence-electron chi connectivity index (χ4n) is 2.53. The zero-order chi connectivity index (χ0) is 19.9. The van der Waals surface area contributed by atoms with Crippen molar-refractivity contribution in [2.75, 3.05) is 6.61 Å². The van der Waals surface area contributed by atoms with Gasteiger partial charge in [-0.2, -0.15) is 4.98 Å². The number of nitrogens with one attached hydrogen (secondary N) is 1. The van der Waals surface area contributed by atoms with Crippen LogP contribution in [0.3, 0.4) is 0 Å². The molecule has 28 heavy (non-hydrogen) atoms. The van der Waals surface area contributed by atoms with E-state index in [1.165, 1.54) is 0 Å². The number of carbonyl (C=O) groups is 1. The highest BCUT2D eigenvalue weighted by atomic mass is 35.5. The highest BCUT2D eigenvalue weighted by Gasteiger charge is 2.24. The minimum Gasteiger partial charge on any atom is -0.493 e. The van der Waals surface area contributed by atoms with Crippen molar-refractivity contribution in [3.63, 3.8) is 0 Å². The summed E-state index contributed by atoms with van der Waals surface area (Å²) in [5.74, 6) is 1.41. The van der Waals surface area contributed by atoms with Crippen LogP contribution in [0.25, 0.3) is 11.4 Å². The molecule has 0 aliphatic heterocycles. The highest BCUT2D eigenvalue weighted by molar-refractivity contribution is 6.30. The lowest BCUT2D eigenvalue weighted by Crippen LogP contribution is -2.32. The number of hydrogen-bond donors (Lipinski definition) is 1. The van der Waals surface area contributed by atoms with E-state index in [0.29, 0.717) is 22.5 Å². The average Bonchev–Trinajstić information content (AvgIpc) is 3.18. The summed E-state index contributed by atoms with van der Waals surface area (Å²) in [7, 11) is 0. The molecule has 0 spiro atoms. The molecule has 1 aromatic carbocycles. The van der Waals surface area contributed by atoms with Crippen LogP contribution in [0.5, 0.6) is 5.75 Å². The molecule has 0 bridgehead atoms. The minimum atomic E-state index is -0.383. The van der Waals surface area contributed by atoms with E-state index < -0.39 is 0 Å². The molecule has 1 N–H and O–H groups in total. The Balaban J connectivity index is 1.57. The zero-order valence-electron chi connectivity index (χ0n) is 15.6. The molecule has 146 valence electrons. The minimum absolute atomic E-state index is 0.0758. The number of nitrogens with zero attached hydrogens (tertiary/aromatic N) is 3. The molecule has 7 nitrogen and oxygen atoms in total. The van der Waals surface area contributed by atoms with Gasteiger partial charge in [-0.3, -0.25) is 9.78 Å². The van der Waals surface area contributed by atoms with Gasteiger partial charge in [0.1, 0.15) is 11.8 Å². The van der Waals surface area contributed by atoms with Crippen LogP contribution < -0.4 is 10.1 Å². The van der Waals surface area contributed by atoms with Gasteiger partial charge >= 0.3 is 0 Å². The summed E-state index contributed by atoms with van der Waals surface area (Å²) in [6.07, 6.45) is 3.53. The van der Waals surface area contributed by atoms with Crippen molar-refractivity contribution in [3.8, 4) is 17.1 Å². The van der Waals surface area contributed by atoms with Crippen LogP contribution in [0, 0.1) is 5.92 Å². The number of pyridine rings is 1. The summed E-state index contributed by atoms with van der Waals surface area (Å²) < 4.78 is 11.0. The molecule has 0 radical (unpaired) electrons. The predicted octanol–water partition coefficient (Wildman–Crippen LogP) is 4.07. The van der Waals surface area contributed by atoms with E-state index in [1.807, 2.05) is 13.8 Å². The van der Waals surface area contributed by atoms with Gasteiger partial charge in [-0.15, -0.1) is 0 Å². The number of amides is 1. The number of halogens is 1. The van der Waals surface area contributed by atoms with Crippen molar-refractivity contribution >= 4 is 17.5 Å². The van der Waals surface area contributed by atoms with Gasteiger partial charge in [0.25, 0.3) is 0 Å². The molecular formula is C20H21ClN4O3. The van der Waals surface area contributed by atoms with Crippen LogP contribution in [0.1, 0.15) is 32.2 Å². The molecule has 0 fully saturated rings. The van der Waals surface area contributed by atoms with Crippen molar-refractivity contribution in [1.82, 2.24) is 20.4 Å². The Bertz CT molecular complexity index is 897. The summed E-state index contributed by atoms with van der Waals surface area (Å²) in [6, 6.07) is 10.2. The van der Waals surface area contributed by atoms with E-state index in [0.717, 1.165) is 5.56 Å². The van der Waals surface area contributed by atoms with Gasteiger partial charge in [-0.1, -0.05) is 30.6 Å². The normalized spacial score (nSPS) is 12.0. The zero-order valence-corrected chi connectivity index (χ0v) is 16.4. The lowest BCUT2D eigenvalue weighted by atomic mass is 10.0. The molecule has 0 aliphatic rings. The van der Waals surface area contributed by atoms with Crippen LogP contribution in [-0.4, -0.2) is 27.6 Å². The van der Waals surface area contributed by atoms with Gasteiger partial charge in [-0.25, -0.2) is 0 Å². The first-order chi connectivity index (χ1) is 13.5. The molecule has 1 atom stereocenters. The molecule has 2 heterocycles. The van der Waals surface area contributed by atoms with Gasteiger partial charge in [0.2, 0.25) is 17.6 Å². The van der Waals surface area contributed by atoms with Gasteiger partial charge in [-0.05, 0) is 42.3 Å². The lowest BCUT2D eigenvalue weighted by Gasteiger charge is -2.18. The Kier molecular flexibility index (Phi) is 6.60. The predicted molar refractivity (Wildman–Crippen MR) is 105 cm³/mol. The summed E-state index contributed by atoms with van der Waals surface area (Å²) in [4.78, 5) is 20.7. The third-order valence-electron chi connectivity index (χ3n) is 4.04. The summed E-state index contributed by atoms with van der Waals surface area (Å²) >= 11 is 5.84. The van der Waals surface area contributed by atoms with E-state index in [2.05, 4.69) is 20.4 Å². The Hall–Kier alpha value is -2.93. The topological polar surface area (TPSA) is 90.1 Å². The standard InChI is InChI=1S/C20H21ClN4O3/c1-13(2)18(20-24-19(25-28-20)14-7-10-22-11-8-14)23-17(26)9-12-27-16-5-3-15(21)4-6-16/h3-8,10-11,13,18H,9,12H2,1-2H3,(H,23,26). The Morgan fingerprint density at radius 3 is 2.57 bits per heavy atom. The number of carbonyl (C=O) groups excluding carboxylic acids is 1. The summed E-state index contributed by atoms with van der Waals surface area (Å²) in [5, 5.41) is 7.58. The Morgan fingerprint density at radius 2 is 1.89 bits per heavy atom. The molecule has 0 saturated carbocycles. The number of ether oxygens (including phenoxy) is 1. The van der Waals surface area contributed by atoms with Gasteiger partial charge in [0.15, 0.2) is 0 Å². The van der Waals surface area contributed by atoms with Crippen molar-refractivity contribution in [3.05, 3.63) is 59.7 Å². The van der Waals surface area contributed by atoms with Crippen molar-refractivity contribution < 1.29 is 14.1 Å². The Morgan fingerprint density at radius 1 is 1.18 bits per heavy atom. The van der Waals surface area contributed by atoms with Crippen LogP contribution in [-0.2, 0) is 4.79 Å². The van der Waals surface area contributed by atoms with Gasteiger partial charge in [0, 0.05) is 23.0 Å². The fourth-order valence-corrected chi connectivity index (χ4v) is 2.66. The molecular weight excluding hydrogens is 380 g/mol. The van der Waals surface area contributed by atoms with Crippen molar-refractivity contribution in [2.45, 2.75) is 26.3 Å². The second-order valence-corrected chi connectivity index (χ2v) is 6.97. The van der Waals surface area contributed by atoms with Gasteiger partial charge < -0.3 is 14.6 Å². The quantitative estimate of drug-likeness (QED) is 0.613. The van der Waals surface area contributed by atoms with E-state index in [1.54, 1.807) is 48.8 Å². The second-order valence-electron chi connectivity index (χ2n) is 6.53. The van der Waals surface area contributed by atoms with Crippen LogP contribution >= 0.6 is 11.6 Å². The largest absolute Gasteiger partial charge is 0.493 e. The maximum absolute atomic E-state index is 12.3. The summed E-state index contributed by atoms with van der Waals surface area (Å²) in [5.41, 5.74) is 0.801. The van der Waals surface area contributed by atoms with E-state index in [4.69, 9.17) is 20.9 Å². The maximum Gasteiger partial charge on any atom is 0.249 e. The molecule has 0 saturated heterocycles. The number of hydrogen-bond acceptors (Lipinski definition) is 6. The van der Waals surface area contributed by atoms with Crippen molar-refractivity contribution in [1.29, 1.82) is 0 Å². The first kappa shape index (κ1) is 19.8. The van der Waals surface area contributed by atoms with Crippen LogP contribution in [0.2, 0.25) is 5.02 Å². The summed E-state index contributed by atoms with van der Waals surface area (Å²) in [6.45, 7) is 4.21. The van der Waals surface area contributed by atoms with Crippen LogP contribution in [0.4, 0.5) is 0 Å². The maximum atomic E-state index is 12.3. The molecule has 3 rings (SSSR count). The monoisotopic (exact) mass is 400 g/mol. The van der Waals surface area contributed by atoms with Crippen LogP contribution in [0.15, 0.2) is 53.3 Å². The smallest absolute Gasteiger partial charge is 0.249 e. The molecule has 2 aromatic heterocycles. The second kappa shape index (κ2) is 9.32. The molecule has 1 amide bonds. The fraction of sp³-hybridized carbons (Fsp3) is 0.300. The third-order valence-corrected chi connectivity index (χ3v) is 4.29. The van der Waals surface area contributed by atoms with E-state index in [9.17, 15) is 4.79 Å². The molecule has 0 aliphatic carbocycles. The molecule has 3 aromatic rings. The Labute approximate surface area is 168 Å². The third kappa shape index (κ3) is 5.29.